The van der Waals surface area contributed by atoms with Crippen LogP contribution in [0.25, 0.3) is 10.8 Å². The molecule has 0 radical (unpaired) electrons. The predicted molar refractivity (Wildman–Crippen MR) is 232 cm³/mol. The van der Waals surface area contributed by atoms with Gasteiger partial charge in [-0.05, 0) is 57.1 Å². The van der Waals surface area contributed by atoms with E-state index in [1.165, 1.54) is 21.1 Å². The molecule has 5 aliphatic heterocycles. The van der Waals surface area contributed by atoms with E-state index in [-0.39, 0.29) is 60.0 Å². The number of hydrogen-bond donors (Lipinski definition) is 1. The molecule has 2 saturated heterocycles. The number of benzene rings is 4. The third-order valence-corrected chi connectivity index (χ3v) is 17.9. The summed E-state index contributed by atoms with van der Waals surface area (Å²) in [4.78, 5) is 0. The Labute approximate surface area is 349 Å². The van der Waals surface area contributed by atoms with Crippen LogP contribution in [0.15, 0.2) is 140 Å². The van der Waals surface area contributed by atoms with Gasteiger partial charge in [0.25, 0.3) is 8.32 Å². The Balaban J connectivity index is 0.920. The van der Waals surface area contributed by atoms with Gasteiger partial charge in [0.15, 0.2) is 0 Å². The Morgan fingerprint density at radius 3 is 2.08 bits per heavy atom. The molecule has 0 aliphatic carbocycles. The molecule has 5 aliphatic rings. The summed E-state index contributed by atoms with van der Waals surface area (Å²) in [6.07, 6.45) is 11.0. The number of rotatable bonds is 9. The fourth-order valence-electron chi connectivity index (χ4n) is 9.90. The van der Waals surface area contributed by atoms with Gasteiger partial charge in [-0.15, -0.1) is 0 Å². The van der Waals surface area contributed by atoms with Crippen LogP contribution < -0.4 is 10.4 Å². The van der Waals surface area contributed by atoms with E-state index in [1.54, 1.807) is 0 Å². The molecule has 11 atom stereocenters. The molecule has 0 saturated carbocycles. The first-order valence-electron chi connectivity index (χ1n) is 21.5. The highest BCUT2D eigenvalue weighted by atomic mass is 28.4. The lowest BCUT2D eigenvalue weighted by Crippen LogP contribution is -2.66. The van der Waals surface area contributed by atoms with Crippen molar-refractivity contribution in [2.75, 3.05) is 13.2 Å². The van der Waals surface area contributed by atoms with Crippen molar-refractivity contribution in [2.45, 2.75) is 125 Å². The standard InChI is InChI=1S/C50H58O8Si/c1-50(2,3)59(37-17-6-4-7-18-37,38-19-8-5-9-20-38)54-30-28-40-39(51)21-14-23-41-42(55-40)26-27-43-45(56-41)32-46-48(58-43)49(47-44(57-46)22-12-13-29-52-47)53-33-34-24-25-35-15-10-11-16-36(35)31-34/h4-21,24-27,31,39-49,51H,22-23,28-30,32-33H2,1-3H3/b21-14-/t39?,40?,41?,42?,43?,44?,45?,46?,47?,48?,49-/m1/s1. The summed E-state index contributed by atoms with van der Waals surface area (Å²) < 4.78 is 48.0. The van der Waals surface area contributed by atoms with E-state index in [4.69, 9.17) is 32.8 Å². The molecule has 10 unspecified atom stereocenters. The van der Waals surface area contributed by atoms with Crippen LogP contribution in [0.3, 0.4) is 0 Å². The summed E-state index contributed by atoms with van der Waals surface area (Å²) in [5, 5.41) is 16.1. The summed E-state index contributed by atoms with van der Waals surface area (Å²) >= 11 is 0. The van der Waals surface area contributed by atoms with Gasteiger partial charge in [-0.25, -0.2) is 0 Å². The lowest BCUT2D eigenvalue weighted by atomic mass is 9.87. The maximum atomic E-state index is 11.4. The van der Waals surface area contributed by atoms with Crippen LogP contribution in [-0.4, -0.2) is 93.8 Å². The molecule has 0 bridgehead atoms. The van der Waals surface area contributed by atoms with Crippen molar-refractivity contribution in [2.24, 2.45) is 0 Å². The monoisotopic (exact) mass is 814 g/mol. The van der Waals surface area contributed by atoms with Crippen LogP contribution in [0.1, 0.15) is 52.0 Å². The number of fused-ring (bicyclic) bond motifs is 5. The minimum absolute atomic E-state index is 0.146. The van der Waals surface area contributed by atoms with Gasteiger partial charge < -0.3 is 38.0 Å². The Kier molecular flexibility index (Phi) is 12.2. The molecule has 5 heterocycles. The third kappa shape index (κ3) is 8.47. The minimum atomic E-state index is -2.76. The Morgan fingerprint density at radius 2 is 1.34 bits per heavy atom. The number of aliphatic hydroxyl groups is 1. The molecule has 0 amide bonds. The minimum Gasteiger partial charge on any atom is -0.407 e. The topological polar surface area (TPSA) is 84.8 Å². The quantitative estimate of drug-likeness (QED) is 0.139. The second-order valence-electron chi connectivity index (χ2n) is 17.7. The van der Waals surface area contributed by atoms with E-state index in [0.29, 0.717) is 39.1 Å². The van der Waals surface area contributed by atoms with Gasteiger partial charge in [0, 0.05) is 13.0 Å². The first-order chi connectivity index (χ1) is 28.8. The summed E-state index contributed by atoms with van der Waals surface area (Å²) in [6.45, 7) is 8.22. The molecule has 0 spiro atoms. The van der Waals surface area contributed by atoms with Gasteiger partial charge in [-0.2, -0.15) is 0 Å². The Hall–Kier alpha value is -3.74. The summed E-state index contributed by atoms with van der Waals surface area (Å²) in [6, 6.07) is 36.2. The summed E-state index contributed by atoms with van der Waals surface area (Å²) in [5.41, 5.74) is 1.11. The molecule has 4 aromatic rings. The van der Waals surface area contributed by atoms with Crippen molar-refractivity contribution in [3.05, 3.63) is 145 Å². The molecule has 1 N–H and O–H groups in total. The predicted octanol–water partition coefficient (Wildman–Crippen LogP) is 7.36. The van der Waals surface area contributed by atoms with E-state index < -0.39 is 20.5 Å². The van der Waals surface area contributed by atoms with Crippen LogP contribution in [-0.2, 0) is 39.5 Å². The largest absolute Gasteiger partial charge is 0.407 e. The zero-order chi connectivity index (χ0) is 40.4. The molecule has 4 aromatic carbocycles. The molecule has 2 fully saturated rings. The normalized spacial score (nSPS) is 32.6. The first-order valence-corrected chi connectivity index (χ1v) is 23.4. The molecule has 9 rings (SSSR count). The SMILES string of the molecule is CC(C)(C)[Si](OCCC1OC2C=CC3OC4C(CC3OC2C/C=C\C1O)OC1CC=CCOC1[C@H]4OCc1ccc2ccccc2c1)(c1ccccc1)c1ccccc1. The van der Waals surface area contributed by atoms with Crippen LogP contribution in [0, 0.1) is 0 Å². The molecular formula is C50H58O8Si. The van der Waals surface area contributed by atoms with Crippen LogP contribution >= 0.6 is 0 Å². The lowest BCUT2D eigenvalue weighted by molar-refractivity contribution is -0.295. The van der Waals surface area contributed by atoms with E-state index in [0.717, 1.165) is 12.0 Å². The third-order valence-electron chi connectivity index (χ3n) is 12.8. The fourth-order valence-corrected chi connectivity index (χ4v) is 14.5. The van der Waals surface area contributed by atoms with Gasteiger partial charge in [0.05, 0.1) is 49.8 Å². The van der Waals surface area contributed by atoms with Gasteiger partial charge in [0.1, 0.15) is 30.5 Å². The van der Waals surface area contributed by atoms with E-state index in [2.05, 4.69) is 148 Å². The second kappa shape index (κ2) is 17.7. The second-order valence-corrected chi connectivity index (χ2v) is 22.0. The van der Waals surface area contributed by atoms with Crippen LogP contribution in [0.4, 0.5) is 0 Å². The molecule has 9 heteroatoms. The van der Waals surface area contributed by atoms with Crippen molar-refractivity contribution < 1.29 is 38.0 Å². The van der Waals surface area contributed by atoms with Gasteiger partial charge in [-0.3, -0.25) is 0 Å². The van der Waals surface area contributed by atoms with Crippen molar-refractivity contribution in [1.82, 2.24) is 0 Å². The van der Waals surface area contributed by atoms with Gasteiger partial charge in [0.2, 0.25) is 0 Å². The number of hydrogen-bond acceptors (Lipinski definition) is 8. The van der Waals surface area contributed by atoms with Crippen molar-refractivity contribution in [1.29, 1.82) is 0 Å². The highest BCUT2D eigenvalue weighted by molar-refractivity contribution is 6.99. The maximum Gasteiger partial charge on any atom is 0.261 e. The Morgan fingerprint density at radius 1 is 0.661 bits per heavy atom. The zero-order valence-corrected chi connectivity index (χ0v) is 35.4. The molecular weight excluding hydrogens is 757 g/mol. The average Bonchev–Trinajstić information content (AvgIpc) is 3.58. The van der Waals surface area contributed by atoms with Crippen LogP contribution in [0.5, 0.6) is 0 Å². The van der Waals surface area contributed by atoms with Gasteiger partial charge in [-0.1, -0.05) is 154 Å². The summed E-state index contributed by atoms with van der Waals surface area (Å²) in [7, 11) is -2.76. The van der Waals surface area contributed by atoms with Crippen molar-refractivity contribution in [3.63, 3.8) is 0 Å². The van der Waals surface area contributed by atoms with E-state index >= 15 is 0 Å². The average molecular weight is 815 g/mol. The zero-order valence-electron chi connectivity index (χ0n) is 34.4. The molecule has 59 heavy (non-hydrogen) atoms. The fraction of sp³-hybridized carbons (Fsp3) is 0.440. The van der Waals surface area contributed by atoms with Crippen molar-refractivity contribution >= 4 is 29.5 Å². The lowest BCUT2D eigenvalue weighted by Gasteiger charge is -2.50. The molecule has 0 aromatic heterocycles. The first kappa shape index (κ1) is 40.7. The highest BCUT2D eigenvalue weighted by Gasteiger charge is 2.54. The van der Waals surface area contributed by atoms with E-state index in [9.17, 15) is 5.11 Å². The maximum absolute atomic E-state index is 11.4. The Bertz CT molecular complexity index is 2060. The highest BCUT2D eigenvalue weighted by Crippen LogP contribution is 2.41. The number of ether oxygens (including phenoxy) is 6. The van der Waals surface area contributed by atoms with Gasteiger partial charge >= 0.3 is 0 Å². The van der Waals surface area contributed by atoms with Crippen molar-refractivity contribution in [3.8, 4) is 0 Å². The summed E-state index contributed by atoms with van der Waals surface area (Å²) in [5.74, 6) is 0. The van der Waals surface area contributed by atoms with E-state index in [1.807, 2.05) is 12.2 Å². The van der Waals surface area contributed by atoms with Crippen LogP contribution in [0.2, 0.25) is 5.04 Å². The molecule has 8 nitrogen and oxygen atoms in total. The molecule has 310 valence electrons. The number of aliphatic hydroxyl groups excluding tert-OH is 1. The smallest absolute Gasteiger partial charge is 0.261 e.